The molecular weight excluding hydrogens is 636 g/mol. The lowest BCUT2D eigenvalue weighted by Gasteiger charge is -1.98. The van der Waals surface area contributed by atoms with Crippen molar-refractivity contribution in [1.82, 2.24) is 34.9 Å². The third-order valence-electron chi connectivity index (χ3n) is 3.61. The molecule has 42 heavy (non-hydrogen) atoms. The van der Waals surface area contributed by atoms with Crippen molar-refractivity contribution in [3.63, 3.8) is 0 Å². The normalized spacial score (nSPS) is 8.88. The molecule has 4 aromatic heterocycles. The number of nitro groups is 2. The van der Waals surface area contributed by atoms with E-state index in [0.717, 1.165) is 17.2 Å². The minimum Gasteiger partial charge on any atom is -0.467 e. The van der Waals surface area contributed by atoms with Gasteiger partial charge in [-0.05, 0) is 11.6 Å². The minimum absolute atomic E-state index is 0. The topological polar surface area (TPSA) is 269 Å². The van der Waals surface area contributed by atoms with Crippen LogP contribution in [-0.2, 0) is 0 Å². The maximum absolute atomic E-state index is 10.5. The first-order chi connectivity index (χ1) is 18.6. The molecular formula is C20H23ClN12O6S3. The molecule has 0 aliphatic heterocycles. The van der Waals surface area contributed by atoms with Crippen molar-refractivity contribution in [2.75, 3.05) is 20.0 Å². The van der Waals surface area contributed by atoms with Crippen LogP contribution in [0.15, 0.2) is 28.6 Å². The number of thiocyanates is 2. The fourth-order valence-electron chi connectivity index (χ4n) is 2.10. The molecule has 0 fully saturated rings. The molecule has 0 radical (unpaired) electrons. The Bertz CT molecular complexity index is 1580. The summed E-state index contributed by atoms with van der Waals surface area (Å²) in [6, 6.07) is 0.333. The van der Waals surface area contributed by atoms with E-state index in [4.69, 9.17) is 32.6 Å². The van der Waals surface area contributed by atoms with Crippen molar-refractivity contribution in [3.8, 4) is 22.8 Å². The van der Waals surface area contributed by atoms with Crippen LogP contribution in [0.1, 0.15) is 22.3 Å². The number of halogens is 1. The summed E-state index contributed by atoms with van der Waals surface area (Å²) in [6.07, 6.45) is 3.56. The molecule has 0 amide bonds. The molecule has 4 rings (SSSR count). The molecule has 18 nitrogen and oxygen atoms in total. The maximum Gasteiger partial charge on any atom is 0.320 e. The van der Waals surface area contributed by atoms with Crippen LogP contribution in [0.2, 0.25) is 5.28 Å². The van der Waals surface area contributed by atoms with Crippen LogP contribution in [0.25, 0.3) is 10.3 Å². The summed E-state index contributed by atoms with van der Waals surface area (Å²) < 4.78 is 9.52. The van der Waals surface area contributed by atoms with E-state index < -0.39 is 9.85 Å². The Labute approximate surface area is 256 Å². The van der Waals surface area contributed by atoms with E-state index in [1.807, 2.05) is 0 Å². The van der Waals surface area contributed by atoms with Crippen molar-refractivity contribution in [3.05, 3.63) is 44.1 Å². The Balaban J connectivity index is 0. The molecule has 0 aliphatic rings. The van der Waals surface area contributed by atoms with Crippen LogP contribution in [0.5, 0.6) is 12.0 Å². The van der Waals surface area contributed by atoms with Crippen molar-refractivity contribution < 1.29 is 19.3 Å². The Morgan fingerprint density at radius 2 is 1.33 bits per heavy atom. The highest BCUT2D eigenvalue weighted by Crippen LogP contribution is 2.27. The molecule has 0 aliphatic carbocycles. The van der Waals surface area contributed by atoms with Gasteiger partial charge in [0.2, 0.25) is 5.28 Å². The fraction of sp³-hybridized carbons (Fsp3) is 0.250. The monoisotopic (exact) mass is 658 g/mol. The summed E-state index contributed by atoms with van der Waals surface area (Å²) in [6.45, 7) is 0. The van der Waals surface area contributed by atoms with Crippen molar-refractivity contribution >= 4 is 73.3 Å². The van der Waals surface area contributed by atoms with Gasteiger partial charge >= 0.3 is 23.4 Å². The highest BCUT2D eigenvalue weighted by molar-refractivity contribution is 8.04. The van der Waals surface area contributed by atoms with E-state index in [9.17, 15) is 20.2 Å². The zero-order valence-corrected chi connectivity index (χ0v) is 22.5. The lowest BCUT2D eigenvalue weighted by atomic mass is 10.5. The number of thiazole rings is 1. The summed E-state index contributed by atoms with van der Waals surface area (Å²) >= 11 is 7.87. The summed E-state index contributed by atoms with van der Waals surface area (Å²) in [5, 5.41) is 41.2. The summed E-state index contributed by atoms with van der Waals surface area (Å²) in [5.74, 6) is 0. The van der Waals surface area contributed by atoms with Gasteiger partial charge in [-0.15, -0.1) is 0 Å². The van der Waals surface area contributed by atoms with Gasteiger partial charge in [-0.2, -0.15) is 25.5 Å². The average molecular weight is 659 g/mol. The fourth-order valence-corrected chi connectivity index (χ4v) is 3.85. The number of ether oxygens (including phenoxy) is 2. The molecule has 0 saturated heterocycles. The zero-order valence-electron chi connectivity index (χ0n) is 19.3. The summed E-state index contributed by atoms with van der Waals surface area (Å²) in [4.78, 5) is 46.4. The molecule has 0 saturated carbocycles. The first-order valence-electron chi connectivity index (χ1n) is 9.40. The van der Waals surface area contributed by atoms with Gasteiger partial charge < -0.3 is 15.2 Å². The molecule has 0 spiro atoms. The molecule has 22 heteroatoms. The summed E-state index contributed by atoms with van der Waals surface area (Å²) in [5.41, 5.74) is 5.56. The van der Waals surface area contributed by atoms with Crippen molar-refractivity contribution in [2.24, 2.45) is 0 Å². The number of aromatic nitrogens is 7. The third kappa shape index (κ3) is 11.4. The first kappa shape index (κ1) is 39.4. The predicted octanol–water partition coefficient (Wildman–Crippen LogP) is 5.16. The number of hydrogen-bond donors (Lipinski definition) is 1. The third-order valence-corrected chi connectivity index (χ3v) is 5.75. The molecule has 0 unspecified atom stereocenters. The molecule has 2 N–H and O–H groups in total. The second-order valence-corrected chi connectivity index (χ2v) is 8.77. The maximum atomic E-state index is 10.5. The molecule has 4 aromatic rings. The SMILES string of the molecule is C.C.C.COc1ncc([N+](=O)[O-])c(SC#N)n1.COc1ncc2nc(N)sc2n1.N#CSc1nc(Cl)ncc1[N+](=O)[O-]. The molecule has 0 atom stereocenters. The Morgan fingerprint density at radius 3 is 1.83 bits per heavy atom. The van der Waals surface area contributed by atoms with E-state index in [-0.39, 0.29) is 55.0 Å². The average Bonchev–Trinajstić information content (AvgIpc) is 3.28. The number of fused-ring (bicyclic) bond motifs is 1. The van der Waals surface area contributed by atoms with Crippen LogP contribution in [0, 0.1) is 41.6 Å². The Morgan fingerprint density at radius 1 is 0.857 bits per heavy atom. The zero-order chi connectivity index (χ0) is 28.9. The number of nitrogens with zero attached hydrogens (tertiary/aromatic N) is 11. The number of hydrogen-bond acceptors (Lipinski definition) is 19. The smallest absolute Gasteiger partial charge is 0.320 e. The van der Waals surface area contributed by atoms with E-state index in [1.165, 1.54) is 25.6 Å². The van der Waals surface area contributed by atoms with Gasteiger partial charge in [0.05, 0.1) is 30.3 Å². The highest BCUT2D eigenvalue weighted by atomic mass is 35.5. The standard InChI is InChI=1S/C6H4N4O3S.C6H6N4OS.C5HClN4O2S.3CH4/c1-13-6-8-2-4(10(11)12)5(9-6)14-3-7;1-11-6-8-2-3-4(10-6)12-5(7)9-3;6-5-8-1-3(10(11)12)4(9-5)13-2-7;;;/h2H,1H3;2H,1H3,(H2,7,9);1H;3*1H4. The second-order valence-electron chi connectivity index (χ2n) is 5.88. The second kappa shape index (κ2) is 19.4. The van der Waals surface area contributed by atoms with Crippen LogP contribution in [0.3, 0.4) is 0 Å². The number of rotatable bonds is 6. The molecule has 0 bridgehead atoms. The number of nitrogens with two attached hydrogens (primary N) is 1. The lowest BCUT2D eigenvalue weighted by Crippen LogP contribution is -1.98. The number of nitriles is 2. The van der Waals surface area contributed by atoms with Gasteiger partial charge in [0.1, 0.15) is 28.7 Å². The quantitative estimate of drug-likeness (QED) is 0.0698. The van der Waals surface area contributed by atoms with Gasteiger partial charge in [0.25, 0.3) is 0 Å². The van der Waals surface area contributed by atoms with Crippen molar-refractivity contribution in [1.29, 1.82) is 10.5 Å². The van der Waals surface area contributed by atoms with E-state index in [2.05, 4.69) is 39.6 Å². The van der Waals surface area contributed by atoms with Gasteiger partial charge in [-0.25, -0.2) is 19.9 Å². The first-order valence-corrected chi connectivity index (χ1v) is 12.2. The number of thioether (sulfide) groups is 2. The summed E-state index contributed by atoms with van der Waals surface area (Å²) in [7, 11) is 2.85. The van der Waals surface area contributed by atoms with Crippen LogP contribution >= 0.6 is 46.5 Å². The van der Waals surface area contributed by atoms with Gasteiger partial charge in [-0.3, -0.25) is 20.2 Å². The number of anilines is 1. The molecule has 224 valence electrons. The lowest BCUT2D eigenvalue weighted by molar-refractivity contribution is -0.388. The minimum atomic E-state index is -0.671. The van der Waals surface area contributed by atoms with Crippen LogP contribution in [0.4, 0.5) is 16.5 Å². The van der Waals surface area contributed by atoms with Crippen LogP contribution < -0.4 is 15.2 Å². The molecule has 0 aromatic carbocycles. The number of methoxy groups -OCH3 is 2. The predicted molar refractivity (Wildman–Crippen MR) is 158 cm³/mol. The molecule has 4 heterocycles. The largest absolute Gasteiger partial charge is 0.467 e. The van der Waals surface area contributed by atoms with Gasteiger partial charge in [0.15, 0.2) is 20.0 Å². The van der Waals surface area contributed by atoms with E-state index in [1.54, 1.807) is 17.0 Å². The van der Waals surface area contributed by atoms with E-state index in [0.29, 0.717) is 40.2 Å². The Hall–Kier alpha value is -4.70. The van der Waals surface area contributed by atoms with Crippen LogP contribution in [-0.4, -0.2) is 59.0 Å². The Kier molecular flexibility index (Phi) is 18.2. The number of nitrogen functional groups attached to an aromatic ring is 1. The van der Waals surface area contributed by atoms with E-state index >= 15 is 0 Å². The van der Waals surface area contributed by atoms with Gasteiger partial charge in [0, 0.05) is 23.5 Å². The highest BCUT2D eigenvalue weighted by Gasteiger charge is 2.18. The van der Waals surface area contributed by atoms with Crippen molar-refractivity contribution in [2.45, 2.75) is 32.3 Å². The van der Waals surface area contributed by atoms with Gasteiger partial charge in [-0.1, -0.05) is 33.6 Å².